The van der Waals surface area contributed by atoms with Gasteiger partial charge in [0.15, 0.2) is 0 Å². The molecule has 2 rings (SSSR count). The number of hydrogen-bond donors (Lipinski definition) is 1. The molecule has 2 N–H and O–H groups in total. The maximum Gasteiger partial charge on any atom is 0.419 e. The molecule has 2 nitrogen and oxygen atoms in total. The highest BCUT2D eigenvalue weighted by atomic mass is 79.9. The first kappa shape index (κ1) is 16.1. The average Bonchev–Trinajstić information content (AvgIpc) is 2.42. The minimum Gasteiger partial charge on any atom is -0.455 e. The van der Waals surface area contributed by atoms with E-state index in [1.54, 1.807) is 6.07 Å². The van der Waals surface area contributed by atoms with Gasteiger partial charge >= 0.3 is 6.18 Å². The van der Waals surface area contributed by atoms with Crippen LogP contribution in [0.4, 0.5) is 13.2 Å². The van der Waals surface area contributed by atoms with Gasteiger partial charge in [-0.25, -0.2) is 0 Å². The fraction of sp³-hybridized carbons (Fsp3) is 0.143. The highest BCUT2D eigenvalue weighted by Gasteiger charge is 2.35. The summed E-state index contributed by atoms with van der Waals surface area (Å²) in [7, 11) is 0. The van der Waals surface area contributed by atoms with E-state index in [1.807, 2.05) is 0 Å². The summed E-state index contributed by atoms with van der Waals surface area (Å²) >= 11 is 9.14. The highest BCUT2D eigenvalue weighted by Crippen LogP contribution is 2.40. The normalized spacial score (nSPS) is 11.5. The van der Waals surface area contributed by atoms with Gasteiger partial charge in [-0.15, -0.1) is 0 Å². The van der Waals surface area contributed by atoms with Crippen molar-refractivity contribution in [3.63, 3.8) is 0 Å². The fourth-order valence-electron chi connectivity index (χ4n) is 1.69. The molecule has 0 radical (unpaired) electrons. The van der Waals surface area contributed by atoms with Crippen molar-refractivity contribution in [2.45, 2.75) is 12.7 Å². The van der Waals surface area contributed by atoms with E-state index in [1.165, 1.54) is 24.3 Å². The Morgan fingerprint density at radius 3 is 2.43 bits per heavy atom. The first-order valence-corrected chi connectivity index (χ1v) is 7.01. The summed E-state index contributed by atoms with van der Waals surface area (Å²) in [5, 5.41) is 0.217. The zero-order valence-corrected chi connectivity index (χ0v) is 12.9. The molecule has 0 aliphatic rings. The van der Waals surface area contributed by atoms with E-state index in [0.29, 0.717) is 10.0 Å². The third-order valence-electron chi connectivity index (χ3n) is 2.70. The van der Waals surface area contributed by atoms with E-state index >= 15 is 0 Å². The summed E-state index contributed by atoms with van der Waals surface area (Å²) in [4.78, 5) is 0. The molecule has 0 aliphatic heterocycles. The lowest BCUT2D eigenvalue weighted by molar-refractivity contribution is -0.138. The molecule has 2 aromatic carbocycles. The largest absolute Gasteiger partial charge is 0.455 e. The van der Waals surface area contributed by atoms with Crippen molar-refractivity contribution in [2.24, 2.45) is 5.73 Å². The van der Waals surface area contributed by atoms with Gasteiger partial charge in [0.1, 0.15) is 11.5 Å². The molecule has 7 heteroatoms. The lowest BCUT2D eigenvalue weighted by Gasteiger charge is -2.15. The standard InChI is InChI=1S/C14H10BrClF3NO/c15-9-2-3-11(16)13(6-9)21-12-4-1-8(7-20)5-10(12)14(17,18)19/h1-6H,7,20H2. The molecule has 0 aromatic heterocycles. The number of rotatable bonds is 3. The lowest BCUT2D eigenvalue weighted by Crippen LogP contribution is -2.09. The summed E-state index contributed by atoms with van der Waals surface area (Å²) in [6.45, 7) is 0.0149. The molecule has 0 saturated carbocycles. The SMILES string of the molecule is NCc1ccc(Oc2cc(Br)ccc2Cl)c(C(F)(F)F)c1. The zero-order chi connectivity index (χ0) is 15.6. The van der Waals surface area contributed by atoms with Gasteiger partial charge in [0, 0.05) is 11.0 Å². The molecule has 0 atom stereocenters. The van der Waals surface area contributed by atoms with Crippen LogP contribution in [0, 0.1) is 0 Å². The Bertz CT molecular complexity index is 661. The van der Waals surface area contributed by atoms with Crippen molar-refractivity contribution >= 4 is 27.5 Å². The minimum atomic E-state index is -4.54. The van der Waals surface area contributed by atoms with Crippen LogP contribution in [-0.4, -0.2) is 0 Å². The Labute approximate surface area is 132 Å². The van der Waals surface area contributed by atoms with Crippen LogP contribution in [0.2, 0.25) is 5.02 Å². The topological polar surface area (TPSA) is 35.2 Å². The van der Waals surface area contributed by atoms with Crippen LogP contribution < -0.4 is 10.5 Å². The Hall–Kier alpha value is -1.24. The molecule has 0 saturated heterocycles. The van der Waals surface area contributed by atoms with E-state index in [9.17, 15) is 13.2 Å². The molecule has 2 aromatic rings. The first-order chi connectivity index (χ1) is 9.81. The van der Waals surface area contributed by atoms with Gasteiger partial charge in [0.25, 0.3) is 0 Å². The van der Waals surface area contributed by atoms with Gasteiger partial charge in [0.2, 0.25) is 0 Å². The van der Waals surface area contributed by atoms with Crippen LogP contribution in [-0.2, 0) is 12.7 Å². The monoisotopic (exact) mass is 379 g/mol. The molecule has 0 heterocycles. The minimum absolute atomic E-state index is 0.0149. The number of halogens is 5. The van der Waals surface area contributed by atoms with Crippen molar-refractivity contribution in [1.82, 2.24) is 0 Å². The third-order valence-corrected chi connectivity index (χ3v) is 3.50. The summed E-state index contributed by atoms with van der Waals surface area (Å²) < 4.78 is 45.2. The summed E-state index contributed by atoms with van der Waals surface area (Å²) in [5.41, 5.74) is 4.86. The maximum atomic E-state index is 13.1. The Balaban J connectivity index is 2.46. The van der Waals surface area contributed by atoms with Gasteiger partial charge in [-0.3, -0.25) is 0 Å². The maximum absolute atomic E-state index is 13.1. The number of alkyl halides is 3. The van der Waals surface area contributed by atoms with E-state index in [0.717, 1.165) is 6.07 Å². The molecule has 0 bridgehead atoms. The second-order valence-electron chi connectivity index (χ2n) is 4.21. The van der Waals surface area contributed by atoms with Crippen LogP contribution in [0.15, 0.2) is 40.9 Å². The van der Waals surface area contributed by atoms with Crippen LogP contribution in [0.1, 0.15) is 11.1 Å². The molecule has 0 aliphatic carbocycles. The van der Waals surface area contributed by atoms with Crippen molar-refractivity contribution in [2.75, 3.05) is 0 Å². The number of ether oxygens (including phenoxy) is 1. The van der Waals surface area contributed by atoms with Gasteiger partial charge in [-0.05, 0) is 35.9 Å². The highest BCUT2D eigenvalue weighted by molar-refractivity contribution is 9.10. The molecular formula is C14H10BrClF3NO. The number of nitrogens with two attached hydrogens (primary N) is 1. The molecule has 0 unspecified atom stereocenters. The van der Waals surface area contributed by atoms with Gasteiger partial charge < -0.3 is 10.5 Å². The molecule has 0 amide bonds. The summed E-state index contributed by atoms with van der Waals surface area (Å²) in [5.74, 6) is -0.184. The molecule has 21 heavy (non-hydrogen) atoms. The van der Waals surface area contributed by atoms with Crippen molar-refractivity contribution in [3.8, 4) is 11.5 Å². The van der Waals surface area contributed by atoms with Crippen LogP contribution in [0.5, 0.6) is 11.5 Å². The van der Waals surface area contributed by atoms with E-state index < -0.39 is 11.7 Å². The van der Waals surface area contributed by atoms with Gasteiger partial charge in [-0.1, -0.05) is 33.6 Å². The predicted molar refractivity (Wildman–Crippen MR) is 78.6 cm³/mol. The Morgan fingerprint density at radius 2 is 1.81 bits per heavy atom. The molecule has 0 spiro atoms. The second kappa shape index (κ2) is 6.25. The van der Waals surface area contributed by atoms with Crippen molar-refractivity contribution < 1.29 is 17.9 Å². The average molecular weight is 381 g/mol. The molecule has 112 valence electrons. The third kappa shape index (κ3) is 3.90. The van der Waals surface area contributed by atoms with Gasteiger partial charge in [0.05, 0.1) is 10.6 Å². The van der Waals surface area contributed by atoms with Crippen LogP contribution in [0.3, 0.4) is 0 Å². The lowest BCUT2D eigenvalue weighted by atomic mass is 10.1. The predicted octanol–water partition coefficient (Wildman–Crippen LogP) is 5.37. The Kier molecular flexibility index (Phi) is 4.81. The summed E-state index contributed by atoms with van der Waals surface area (Å²) in [6, 6.07) is 8.39. The van der Waals surface area contributed by atoms with E-state index in [2.05, 4.69) is 15.9 Å². The van der Waals surface area contributed by atoms with Gasteiger partial charge in [-0.2, -0.15) is 13.2 Å². The van der Waals surface area contributed by atoms with Crippen LogP contribution >= 0.6 is 27.5 Å². The van der Waals surface area contributed by atoms with Crippen molar-refractivity contribution in [3.05, 3.63) is 57.0 Å². The second-order valence-corrected chi connectivity index (χ2v) is 5.53. The van der Waals surface area contributed by atoms with E-state index in [4.69, 9.17) is 22.1 Å². The van der Waals surface area contributed by atoms with Crippen molar-refractivity contribution in [1.29, 1.82) is 0 Å². The quantitative estimate of drug-likeness (QED) is 0.777. The first-order valence-electron chi connectivity index (χ1n) is 5.84. The number of benzene rings is 2. The molecular weight excluding hydrogens is 371 g/mol. The smallest absolute Gasteiger partial charge is 0.419 e. The fourth-order valence-corrected chi connectivity index (χ4v) is 2.18. The zero-order valence-electron chi connectivity index (χ0n) is 10.5. The Morgan fingerprint density at radius 1 is 1.10 bits per heavy atom. The summed E-state index contributed by atoms with van der Waals surface area (Å²) in [6.07, 6.45) is -4.54. The van der Waals surface area contributed by atoms with E-state index in [-0.39, 0.29) is 23.1 Å². The number of hydrogen-bond acceptors (Lipinski definition) is 2. The van der Waals surface area contributed by atoms with Crippen LogP contribution in [0.25, 0.3) is 0 Å². The molecule has 0 fully saturated rings.